The lowest BCUT2D eigenvalue weighted by atomic mass is 9.79. The van der Waals surface area contributed by atoms with E-state index in [9.17, 15) is 0 Å². The first kappa shape index (κ1) is 23.8. The van der Waals surface area contributed by atoms with Crippen LogP contribution in [0.4, 0.5) is 11.4 Å². The molecule has 0 saturated carbocycles. The summed E-state index contributed by atoms with van der Waals surface area (Å²) in [4.78, 5) is 0. The van der Waals surface area contributed by atoms with E-state index in [1.807, 2.05) is 12.1 Å². The summed E-state index contributed by atoms with van der Waals surface area (Å²) in [5.74, 6) is 0. The minimum Gasteiger partial charge on any atom is -0.454 e. The van der Waals surface area contributed by atoms with Crippen molar-refractivity contribution in [3.05, 3.63) is 131 Å². The van der Waals surface area contributed by atoms with Crippen molar-refractivity contribution in [3.63, 3.8) is 0 Å². The molecule has 2 aliphatic carbocycles. The van der Waals surface area contributed by atoms with Crippen LogP contribution in [0.25, 0.3) is 55.0 Å². The van der Waals surface area contributed by atoms with Gasteiger partial charge in [0, 0.05) is 27.3 Å². The van der Waals surface area contributed by atoms with Crippen LogP contribution in [-0.2, 0) is 10.8 Å². The van der Waals surface area contributed by atoms with Crippen molar-refractivity contribution in [2.75, 3.05) is 5.32 Å². The van der Waals surface area contributed by atoms with Gasteiger partial charge in [0.2, 0.25) is 0 Å². The first-order valence-electron chi connectivity index (χ1n) is 14.9. The molecule has 9 rings (SSSR count). The van der Waals surface area contributed by atoms with Crippen LogP contribution in [0.15, 0.2) is 114 Å². The molecule has 0 atom stereocenters. The maximum Gasteiger partial charge on any atom is 0.158 e. The van der Waals surface area contributed by atoms with Crippen LogP contribution in [0.2, 0.25) is 0 Å². The number of hydrogen-bond acceptors (Lipinski definition) is 2. The van der Waals surface area contributed by atoms with Crippen molar-refractivity contribution in [2.45, 2.75) is 38.5 Å². The predicted octanol–water partition coefficient (Wildman–Crippen LogP) is 11.1. The standard InChI is InChI=1S/C40H31NO/c1-39(2)31-19-16-23-10-5-6-11-25(23)37(31)30-22-33-29(21-34(30)39)26-18-17-24(20-32(26)40(33,3)4)41-35-14-9-13-28-27-12-7-8-15-36(27)42-38(28)35/h5-22,41H,1-4H3. The van der Waals surface area contributed by atoms with E-state index >= 15 is 0 Å². The number of rotatable bonds is 2. The van der Waals surface area contributed by atoms with Crippen LogP contribution in [0.1, 0.15) is 49.9 Å². The van der Waals surface area contributed by atoms with E-state index in [4.69, 9.17) is 4.42 Å². The van der Waals surface area contributed by atoms with Crippen molar-refractivity contribution in [2.24, 2.45) is 0 Å². The Morgan fingerprint density at radius 1 is 0.524 bits per heavy atom. The van der Waals surface area contributed by atoms with E-state index in [0.29, 0.717) is 0 Å². The number of hydrogen-bond donors (Lipinski definition) is 1. The Bertz CT molecular complexity index is 2280. The number of nitrogens with one attached hydrogen (secondary N) is 1. The monoisotopic (exact) mass is 541 g/mol. The fourth-order valence-electron chi connectivity index (χ4n) is 7.81. The van der Waals surface area contributed by atoms with E-state index in [0.717, 1.165) is 33.3 Å². The van der Waals surface area contributed by atoms with Gasteiger partial charge in [-0.1, -0.05) is 100 Å². The fourth-order valence-corrected chi connectivity index (χ4v) is 7.81. The SMILES string of the molecule is CC1(C)c2cc(Nc3cccc4c3oc3ccccc34)ccc2-c2cc3c(cc21)-c1c(ccc2ccccc12)C3(C)C. The lowest BCUT2D eigenvalue weighted by molar-refractivity contribution is 0.652. The molecule has 1 N–H and O–H groups in total. The smallest absolute Gasteiger partial charge is 0.158 e. The fraction of sp³-hybridized carbons (Fsp3) is 0.150. The molecule has 0 fully saturated rings. The molecule has 6 aromatic carbocycles. The second-order valence-corrected chi connectivity index (χ2v) is 13.1. The molecule has 0 radical (unpaired) electrons. The average molecular weight is 542 g/mol. The van der Waals surface area contributed by atoms with Crippen LogP contribution in [0, 0.1) is 0 Å². The van der Waals surface area contributed by atoms with Crippen molar-refractivity contribution in [3.8, 4) is 22.3 Å². The van der Waals surface area contributed by atoms with Gasteiger partial charge in [-0.25, -0.2) is 0 Å². The van der Waals surface area contributed by atoms with Gasteiger partial charge >= 0.3 is 0 Å². The van der Waals surface area contributed by atoms with Crippen molar-refractivity contribution >= 4 is 44.1 Å². The number of furan rings is 1. The van der Waals surface area contributed by atoms with Gasteiger partial charge in [0.25, 0.3) is 0 Å². The Labute approximate surface area is 245 Å². The third kappa shape index (κ3) is 2.99. The molecular weight excluding hydrogens is 510 g/mol. The first-order valence-corrected chi connectivity index (χ1v) is 14.9. The molecule has 2 aliphatic rings. The lowest BCUT2D eigenvalue weighted by Crippen LogP contribution is -2.17. The molecule has 0 bridgehead atoms. The van der Waals surface area contributed by atoms with Gasteiger partial charge in [-0.3, -0.25) is 0 Å². The highest BCUT2D eigenvalue weighted by Crippen LogP contribution is 2.57. The Kier molecular flexibility index (Phi) is 4.50. The molecule has 1 aromatic heterocycles. The van der Waals surface area contributed by atoms with E-state index < -0.39 is 0 Å². The summed E-state index contributed by atoms with van der Waals surface area (Å²) in [6, 6.07) is 39.9. The average Bonchev–Trinajstić information content (AvgIpc) is 3.57. The molecule has 1 heterocycles. The maximum atomic E-state index is 6.30. The van der Waals surface area contributed by atoms with Crippen molar-refractivity contribution in [1.29, 1.82) is 0 Å². The van der Waals surface area contributed by atoms with Crippen LogP contribution in [-0.4, -0.2) is 0 Å². The molecular formula is C40H31NO. The molecule has 0 saturated heterocycles. The minimum atomic E-state index is -0.125. The molecule has 0 spiro atoms. The van der Waals surface area contributed by atoms with Crippen LogP contribution >= 0.6 is 0 Å². The normalized spacial score (nSPS) is 15.5. The van der Waals surface area contributed by atoms with Gasteiger partial charge in [-0.05, 0) is 91.7 Å². The van der Waals surface area contributed by atoms with Crippen molar-refractivity contribution < 1.29 is 4.42 Å². The summed E-state index contributed by atoms with van der Waals surface area (Å²) < 4.78 is 6.30. The summed E-state index contributed by atoms with van der Waals surface area (Å²) in [7, 11) is 0. The Morgan fingerprint density at radius 3 is 2.10 bits per heavy atom. The van der Waals surface area contributed by atoms with Gasteiger partial charge < -0.3 is 9.73 Å². The summed E-state index contributed by atoms with van der Waals surface area (Å²) in [5.41, 5.74) is 14.8. The zero-order valence-corrected chi connectivity index (χ0v) is 24.3. The molecule has 2 nitrogen and oxygen atoms in total. The second kappa shape index (κ2) is 7.92. The van der Waals surface area contributed by atoms with Gasteiger partial charge in [-0.2, -0.15) is 0 Å². The van der Waals surface area contributed by atoms with Gasteiger partial charge in [0.15, 0.2) is 5.58 Å². The summed E-state index contributed by atoms with van der Waals surface area (Å²) in [6.45, 7) is 9.51. The Hall–Kier alpha value is -4.82. The summed E-state index contributed by atoms with van der Waals surface area (Å²) >= 11 is 0. The summed E-state index contributed by atoms with van der Waals surface area (Å²) in [6.07, 6.45) is 0. The van der Waals surface area contributed by atoms with Crippen molar-refractivity contribution in [1.82, 2.24) is 0 Å². The van der Waals surface area contributed by atoms with E-state index in [2.05, 4.69) is 130 Å². The van der Waals surface area contributed by atoms with Crippen LogP contribution in [0.5, 0.6) is 0 Å². The number of fused-ring (bicyclic) bond motifs is 11. The quantitative estimate of drug-likeness (QED) is 0.235. The number of benzene rings is 6. The zero-order valence-electron chi connectivity index (χ0n) is 24.3. The Balaban J connectivity index is 1.18. The lowest BCUT2D eigenvalue weighted by Gasteiger charge is -2.24. The maximum absolute atomic E-state index is 6.30. The summed E-state index contributed by atoms with van der Waals surface area (Å²) in [5, 5.41) is 8.63. The Morgan fingerprint density at radius 2 is 1.21 bits per heavy atom. The van der Waals surface area contributed by atoms with Gasteiger partial charge in [-0.15, -0.1) is 0 Å². The number of anilines is 2. The van der Waals surface area contributed by atoms with Gasteiger partial charge in [0.1, 0.15) is 5.58 Å². The topological polar surface area (TPSA) is 25.2 Å². The third-order valence-electron chi connectivity index (χ3n) is 10.0. The molecule has 42 heavy (non-hydrogen) atoms. The predicted molar refractivity (Wildman–Crippen MR) is 176 cm³/mol. The largest absolute Gasteiger partial charge is 0.454 e. The van der Waals surface area contributed by atoms with Gasteiger partial charge in [0.05, 0.1) is 5.69 Å². The third-order valence-corrected chi connectivity index (χ3v) is 10.0. The molecule has 202 valence electrons. The number of para-hydroxylation sites is 2. The zero-order chi connectivity index (χ0) is 28.4. The molecule has 0 unspecified atom stereocenters. The van der Waals surface area contributed by atoms with Crippen LogP contribution in [0.3, 0.4) is 0 Å². The highest BCUT2D eigenvalue weighted by molar-refractivity contribution is 6.09. The highest BCUT2D eigenvalue weighted by atomic mass is 16.3. The van der Waals surface area contributed by atoms with E-state index in [-0.39, 0.29) is 10.8 Å². The van der Waals surface area contributed by atoms with Crippen LogP contribution < -0.4 is 5.32 Å². The van der Waals surface area contributed by atoms with E-state index in [1.54, 1.807) is 0 Å². The highest BCUT2D eigenvalue weighted by Gasteiger charge is 2.42. The second-order valence-electron chi connectivity index (χ2n) is 13.1. The molecule has 2 heteroatoms. The minimum absolute atomic E-state index is 0.0522. The molecule has 0 amide bonds. The van der Waals surface area contributed by atoms with E-state index in [1.165, 1.54) is 55.3 Å². The molecule has 7 aromatic rings. The molecule has 0 aliphatic heterocycles. The first-order chi connectivity index (χ1) is 20.3.